The minimum absolute atomic E-state index is 0.197. The number of benzene rings is 1. The van der Waals surface area contributed by atoms with Gasteiger partial charge in [-0.25, -0.2) is 12.7 Å². The van der Waals surface area contributed by atoms with Crippen molar-refractivity contribution < 1.29 is 18.6 Å². The van der Waals surface area contributed by atoms with E-state index in [1.54, 1.807) is 26.0 Å². The van der Waals surface area contributed by atoms with Crippen LogP contribution in [0.5, 0.6) is 0 Å². The molecule has 0 aliphatic carbocycles. The van der Waals surface area contributed by atoms with Crippen LogP contribution in [0.1, 0.15) is 24.5 Å². The van der Waals surface area contributed by atoms with Crippen molar-refractivity contribution in [2.24, 2.45) is 0 Å². The van der Waals surface area contributed by atoms with Gasteiger partial charge >= 0.3 is 0 Å². The molecule has 21 heavy (non-hydrogen) atoms. The number of rotatable bonds is 5. The quantitative estimate of drug-likeness (QED) is 0.786. The van der Waals surface area contributed by atoms with E-state index in [0.717, 1.165) is 5.56 Å². The minimum atomic E-state index is -3.57. The molecule has 6 heteroatoms. The molecule has 1 aromatic carbocycles. The lowest BCUT2D eigenvalue weighted by Gasteiger charge is -2.18. The molecule has 116 valence electrons. The van der Waals surface area contributed by atoms with Gasteiger partial charge in [0.2, 0.25) is 10.0 Å². The molecule has 0 amide bonds. The zero-order valence-corrected chi connectivity index (χ0v) is 13.3. The van der Waals surface area contributed by atoms with Crippen LogP contribution in [0.3, 0.4) is 0 Å². The minimum Gasteiger partial charge on any atom is -0.393 e. The molecule has 1 rings (SSSR count). The Morgan fingerprint density at radius 3 is 2.57 bits per heavy atom. The predicted molar refractivity (Wildman–Crippen MR) is 81.3 cm³/mol. The average molecular weight is 311 g/mol. The van der Waals surface area contributed by atoms with Crippen molar-refractivity contribution in [3.8, 4) is 11.8 Å². The number of hydrogen-bond acceptors (Lipinski definition) is 4. The number of aliphatic hydroxyl groups excluding tert-OH is 2. The Labute approximate surface area is 126 Å². The molecule has 0 bridgehead atoms. The highest BCUT2D eigenvalue weighted by molar-refractivity contribution is 7.89. The first-order chi connectivity index (χ1) is 9.78. The molecule has 0 saturated heterocycles. The molecule has 0 aliphatic heterocycles. The molecule has 1 atom stereocenters. The van der Waals surface area contributed by atoms with Gasteiger partial charge in [-0.15, -0.1) is 0 Å². The summed E-state index contributed by atoms with van der Waals surface area (Å²) in [6.45, 7) is 3.42. The van der Waals surface area contributed by atoms with Crippen molar-refractivity contribution >= 4 is 10.0 Å². The van der Waals surface area contributed by atoms with Crippen LogP contribution in [0.4, 0.5) is 0 Å². The van der Waals surface area contributed by atoms with Crippen molar-refractivity contribution in [1.82, 2.24) is 4.31 Å². The Hall–Kier alpha value is -1.39. The van der Waals surface area contributed by atoms with Gasteiger partial charge in [-0.1, -0.05) is 11.8 Å². The van der Waals surface area contributed by atoms with Crippen LogP contribution < -0.4 is 0 Å². The lowest BCUT2D eigenvalue weighted by Crippen LogP contribution is -2.29. The Morgan fingerprint density at radius 1 is 1.38 bits per heavy atom. The first-order valence-corrected chi connectivity index (χ1v) is 8.08. The lowest BCUT2D eigenvalue weighted by molar-refractivity contribution is 0.177. The molecule has 0 radical (unpaired) electrons. The third-order valence-corrected chi connectivity index (χ3v) is 4.92. The number of hydrogen-bond donors (Lipinski definition) is 2. The fourth-order valence-electron chi connectivity index (χ4n) is 1.74. The summed E-state index contributed by atoms with van der Waals surface area (Å²) in [4.78, 5) is 0.197. The van der Waals surface area contributed by atoms with Crippen molar-refractivity contribution in [3.05, 3.63) is 29.3 Å². The van der Waals surface area contributed by atoms with Gasteiger partial charge in [-0.05, 0) is 44.0 Å². The summed E-state index contributed by atoms with van der Waals surface area (Å²) in [5.74, 6) is 5.31. The zero-order chi connectivity index (χ0) is 16.0. The molecule has 0 heterocycles. The monoisotopic (exact) mass is 311 g/mol. The summed E-state index contributed by atoms with van der Waals surface area (Å²) in [5, 5.41) is 17.9. The molecule has 2 N–H and O–H groups in total. The van der Waals surface area contributed by atoms with E-state index in [4.69, 9.17) is 5.11 Å². The third-order valence-electron chi connectivity index (χ3n) is 3.07. The van der Waals surface area contributed by atoms with Gasteiger partial charge in [-0.2, -0.15) is 0 Å². The van der Waals surface area contributed by atoms with E-state index in [1.165, 1.54) is 17.4 Å². The van der Waals surface area contributed by atoms with Gasteiger partial charge in [0.15, 0.2) is 0 Å². The molecule has 0 aliphatic rings. The van der Waals surface area contributed by atoms with Gasteiger partial charge in [0.25, 0.3) is 0 Å². The first-order valence-electron chi connectivity index (χ1n) is 6.64. The highest BCUT2D eigenvalue weighted by Gasteiger charge is 2.21. The topological polar surface area (TPSA) is 77.8 Å². The first kappa shape index (κ1) is 17.7. The Bertz CT molecular complexity index is 641. The fraction of sp³-hybridized carbons (Fsp3) is 0.467. The predicted octanol–water partition coefficient (Wildman–Crippen LogP) is 0.730. The summed E-state index contributed by atoms with van der Waals surface area (Å²) in [6, 6.07) is 4.70. The maximum atomic E-state index is 12.4. The van der Waals surface area contributed by atoms with Crippen LogP contribution in [0.2, 0.25) is 0 Å². The van der Waals surface area contributed by atoms with Crippen molar-refractivity contribution in [2.45, 2.75) is 31.3 Å². The smallest absolute Gasteiger partial charge is 0.242 e. The highest BCUT2D eigenvalue weighted by Crippen LogP contribution is 2.18. The molecule has 0 aromatic heterocycles. The largest absolute Gasteiger partial charge is 0.393 e. The van der Waals surface area contributed by atoms with E-state index in [9.17, 15) is 13.5 Å². The van der Waals surface area contributed by atoms with E-state index in [0.29, 0.717) is 12.0 Å². The van der Waals surface area contributed by atoms with Crippen LogP contribution in [0.25, 0.3) is 0 Å². The average Bonchev–Trinajstić information content (AvgIpc) is 2.43. The summed E-state index contributed by atoms with van der Waals surface area (Å²) >= 11 is 0. The molecule has 0 fully saturated rings. The zero-order valence-electron chi connectivity index (χ0n) is 12.5. The highest BCUT2D eigenvalue weighted by atomic mass is 32.2. The molecule has 1 aromatic rings. The second kappa shape index (κ2) is 7.57. The SMILES string of the molecule is Cc1cc(S(=O)(=O)N(C)CCC(C)O)ccc1C#CCO. The molecular weight excluding hydrogens is 290 g/mol. The Kier molecular flexibility index (Phi) is 6.37. The fourth-order valence-corrected chi connectivity index (χ4v) is 3.01. The third kappa shape index (κ3) is 4.83. The van der Waals surface area contributed by atoms with Crippen LogP contribution in [-0.4, -0.2) is 49.2 Å². The standard InChI is InChI=1S/C15H21NO4S/c1-12-11-15(7-6-14(12)5-4-10-17)21(19,20)16(3)9-8-13(2)18/h6-7,11,13,17-18H,8-10H2,1-3H3. The molecule has 0 spiro atoms. The maximum absolute atomic E-state index is 12.4. The lowest BCUT2D eigenvalue weighted by atomic mass is 10.1. The van der Waals surface area contributed by atoms with E-state index in [-0.39, 0.29) is 18.0 Å². The molecule has 5 nitrogen and oxygen atoms in total. The number of aryl methyl sites for hydroxylation is 1. The van der Waals surface area contributed by atoms with E-state index in [2.05, 4.69) is 11.8 Å². The van der Waals surface area contributed by atoms with Gasteiger partial charge in [0.05, 0.1) is 11.0 Å². The van der Waals surface area contributed by atoms with Crippen LogP contribution in [-0.2, 0) is 10.0 Å². The number of aliphatic hydroxyl groups is 2. The molecular formula is C15H21NO4S. The Balaban J connectivity index is 3.01. The van der Waals surface area contributed by atoms with E-state index in [1.807, 2.05) is 0 Å². The van der Waals surface area contributed by atoms with Crippen LogP contribution in [0, 0.1) is 18.8 Å². The second-order valence-electron chi connectivity index (χ2n) is 4.90. The molecule has 1 unspecified atom stereocenters. The van der Waals surface area contributed by atoms with Crippen molar-refractivity contribution in [1.29, 1.82) is 0 Å². The van der Waals surface area contributed by atoms with Crippen LogP contribution in [0.15, 0.2) is 23.1 Å². The summed E-state index contributed by atoms with van der Waals surface area (Å²) < 4.78 is 26.0. The Morgan fingerprint density at radius 2 is 2.05 bits per heavy atom. The number of nitrogens with zero attached hydrogens (tertiary/aromatic N) is 1. The number of sulfonamides is 1. The van der Waals surface area contributed by atoms with E-state index < -0.39 is 16.1 Å². The summed E-state index contributed by atoms with van der Waals surface area (Å²) in [5.41, 5.74) is 1.43. The van der Waals surface area contributed by atoms with Gasteiger partial charge in [0, 0.05) is 19.2 Å². The van der Waals surface area contributed by atoms with Crippen molar-refractivity contribution in [2.75, 3.05) is 20.2 Å². The normalized spacial score (nSPS) is 12.9. The van der Waals surface area contributed by atoms with Gasteiger partial charge in [0.1, 0.15) is 6.61 Å². The summed E-state index contributed by atoms with van der Waals surface area (Å²) in [7, 11) is -2.08. The van der Waals surface area contributed by atoms with Gasteiger partial charge < -0.3 is 10.2 Å². The van der Waals surface area contributed by atoms with Crippen molar-refractivity contribution in [3.63, 3.8) is 0 Å². The second-order valence-corrected chi connectivity index (χ2v) is 6.95. The molecule has 0 saturated carbocycles. The van der Waals surface area contributed by atoms with Crippen LogP contribution >= 0.6 is 0 Å². The van der Waals surface area contributed by atoms with E-state index >= 15 is 0 Å². The van der Waals surface area contributed by atoms with Gasteiger partial charge in [-0.3, -0.25) is 0 Å². The summed E-state index contributed by atoms with van der Waals surface area (Å²) in [6.07, 6.45) is -0.157. The maximum Gasteiger partial charge on any atom is 0.242 e.